The average Bonchev–Trinajstić information content (AvgIpc) is 2.03. The first-order valence-corrected chi connectivity index (χ1v) is 3.76. The van der Waals surface area contributed by atoms with Crippen LogP contribution >= 0.6 is 0 Å². The van der Waals surface area contributed by atoms with E-state index in [1.807, 2.05) is 12.4 Å². The van der Waals surface area contributed by atoms with Crippen LogP contribution in [0.1, 0.15) is 19.4 Å². The van der Waals surface area contributed by atoms with Crippen molar-refractivity contribution in [3.8, 4) is 0 Å². The Kier molecular flexibility index (Phi) is 2.98. The molecule has 0 fully saturated rings. The molecular formula is C8H13N3. The third kappa shape index (κ3) is 3.09. The molecule has 0 saturated carbocycles. The summed E-state index contributed by atoms with van der Waals surface area (Å²) in [5.41, 5.74) is 1.13. The highest BCUT2D eigenvalue weighted by atomic mass is 14.9. The second-order valence-corrected chi connectivity index (χ2v) is 2.78. The maximum absolute atomic E-state index is 3.91. The van der Waals surface area contributed by atoms with Gasteiger partial charge in [0, 0.05) is 30.5 Å². The van der Waals surface area contributed by atoms with E-state index < -0.39 is 0 Å². The van der Waals surface area contributed by atoms with E-state index >= 15 is 0 Å². The van der Waals surface area contributed by atoms with Crippen molar-refractivity contribution in [3.05, 3.63) is 24.3 Å². The first kappa shape index (κ1) is 8.14. The number of hydrogen-bond donors (Lipinski definition) is 1. The van der Waals surface area contributed by atoms with Crippen molar-refractivity contribution in [2.45, 2.75) is 26.4 Å². The van der Waals surface area contributed by atoms with Crippen molar-refractivity contribution in [3.63, 3.8) is 0 Å². The maximum Gasteiger partial charge on any atom is 0.115 e. The van der Waals surface area contributed by atoms with E-state index in [-0.39, 0.29) is 0 Å². The molecular weight excluding hydrogens is 138 g/mol. The molecule has 60 valence electrons. The molecule has 0 aliphatic carbocycles. The van der Waals surface area contributed by atoms with E-state index in [0.29, 0.717) is 6.04 Å². The van der Waals surface area contributed by atoms with Crippen molar-refractivity contribution in [1.82, 2.24) is 15.3 Å². The molecule has 1 aromatic heterocycles. The fraction of sp³-hybridized carbons (Fsp3) is 0.500. The monoisotopic (exact) mass is 151 g/mol. The number of rotatable bonds is 3. The fourth-order valence-corrected chi connectivity index (χ4v) is 0.743. The van der Waals surface area contributed by atoms with Crippen molar-refractivity contribution in [1.29, 1.82) is 0 Å². The second kappa shape index (κ2) is 4.03. The third-order valence-electron chi connectivity index (χ3n) is 1.33. The number of nitrogens with one attached hydrogen (secondary N) is 1. The van der Waals surface area contributed by atoms with E-state index in [4.69, 9.17) is 0 Å². The molecule has 3 heteroatoms. The molecule has 0 radical (unpaired) electrons. The van der Waals surface area contributed by atoms with Crippen LogP contribution in [-0.2, 0) is 6.54 Å². The lowest BCUT2D eigenvalue weighted by Gasteiger charge is -2.06. The third-order valence-corrected chi connectivity index (χ3v) is 1.33. The van der Waals surface area contributed by atoms with Crippen LogP contribution < -0.4 is 5.32 Å². The zero-order chi connectivity index (χ0) is 8.10. The van der Waals surface area contributed by atoms with Crippen molar-refractivity contribution in [2.75, 3.05) is 0 Å². The zero-order valence-corrected chi connectivity index (χ0v) is 6.91. The Labute approximate surface area is 66.9 Å². The largest absolute Gasteiger partial charge is 0.310 e. The van der Waals surface area contributed by atoms with Crippen LogP contribution in [0.15, 0.2) is 18.7 Å². The number of nitrogens with zero attached hydrogens (tertiary/aromatic N) is 2. The Morgan fingerprint density at radius 3 is 2.55 bits per heavy atom. The average molecular weight is 151 g/mol. The smallest absolute Gasteiger partial charge is 0.115 e. The van der Waals surface area contributed by atoms with Crippen LogP contribution in [0.4, 0.5) is 0 Å². The van der Waals surface area contributed by atoms with Crippen molar-refractivity contribution >= 4 is 0 Å². The van der Waals surface area contributed by atoms with Crippen LogP contribution in [0, 0.1) is 0 Å². The van der Waals surface area contributed by atoms with Gasteiger partial charge in [-0.1, -0.05) is 13.8 Å². The highest BCUT2D eigenvalue weighted by molar-refractivity contribution is 5.01. The fourth-order valence-electron chi connectivity index (χ4n) is 0.743. The highest BCUT2D eigenvalue weighted by Crippen LogP contribution is 1.92. The zero-order valence-electron chi connectivity index (χ0n) is 6.91. The van der Waals surface area contributed by atoms with Gasteiger partial charge in [0.25, 0.3) is 0 Å². The van der Waals surface area contributed by atoms with E-state index in [0.717, 1.165) is 12.1 Å². The molecule has 0 amide bonds. The number of hydrogen-bond acceptors (Lipinski definition) is 3. The lowest BCUT2D eigenvalue weighted by molar-refractivity contribution is 0.587. The summed E-state index contributed by atoms with van der Waals surface area (Å²) in [6.07, 6.45) is 5.18. The number of aromatic nitrogens is 2. The van der Waals surface area contributed by atoms with Crippen LogP contribution in [0.5, 0.6) is 0 Å². The summed E-state index contributed by atoms with van der Waals surface area (Å²) >= 11 is 0. The minimum atomic E-state index is 0.509. The van der Waals surface area contributed by atoms with Gasteiger partial charge in [-0.25, -0.2) is 9.97 Å². The normalized spacial score (nSPS) is 10.5. The van der Waals surface area contributed by atoms with E-state index in [1.54, 1.807) is 6.33 Å². The van der Waals surface area contributed by atoms with Crippen LogP contribution in [0.3, 0.4) is 0 Å². The van der Waals surface area contributed by atoms with Gasteiger partial charge in [-0.05, 0) is 0 Å². The van der Waals surface area contributed by atoms with Gasteiger partial charge in [-0.15, -0.1) is 0 Å². The summed E-state index contributed by atoms with van der Waals surface area (Å²) in [4.78, 5) is 7.82. The molecule has 0 saturated heterocycles. The van der Waals surface area contributed by atoms with Gasteiger partial charge in [0.05, 0.1) is 0 Å². The molecule has 0 aromatic carbocycles. The van der Waals surface area contributed by atoms with Gasteiger partial charge in [-0.3, -0.25) is 0 Å². The summed E-state index contributed by atoms with van der Waals surface area (Å²) in [5.74, 6) is 0. The predicted molar refractivity (Wildman–Crippen MR) is 44.0 cm³/mol. The molecule has 1 heterocycles. The van der Waals surface area contributed by atoms with Gasteiger partial charge < -0.3 is 5.32 Å². The molecule has 1 rings (SSSR count). The predicted octanol–water partition coefficient (Wildman–Crippen LogP) is 0.975. The summed E-state index contributed by atoms with van der Waals surface area (Å²) < 4.78 is 0. The summed E-state index contributed by atoms with van der Waals surface area (Å²) in [6, 6.07) is 0.509. The molecule has 0 bridgehead atoms. The van der Waals surface area contributed by atoms with Crippen molar-refractivity contribution < 1.29 is 0 Å². The molecule has 0 atom stereocenters. The second-order valence-electron chi connectivity index (χ2n) is 2.78. The standard InChI is InChI=1S/C8H13N3/c1-7(2)11-5-8-3-9-6-10-4-8/h3-4,6-7,11H,5H2,1-2H3. The van der Waals surface area contributed by atoms with Crippen LogP contribution in [0.2, 0.25) is 0 Å². The molecule has 0 spiro atoms. The Hall–Kier alpha value is -0.960. The quantitative estimate of drug-likeness (QED) is 0.699. The SMILES string of the molecule is CC(C)NCc1cncnc1. The van der Waals surface area contributed by atoms with Gasteiger partial charge >= 0.3 is 0 Å². The molecule has 1 aromatic rings. The van der Waals surface area contributed by atoms with Crippen LogP contribution in [0.25, 0.3) is 0 Å². The summed E-state index contributed by atoms with van der Waals surface area (Å²) in [6.45, 7) is 5.08. The van der Waals surface area contributed by atoms with E-state index in [9.17, 15) is 0 Å². The van der Waals surface area contributed by atoms with Gasteiger partial charge in [0.1, 0.15) is 6.33 Å². The first-order valence-electron chi connectivity index (χ1n) is 3.76. The molecule has 3 nitrogen and oxygen atoms in total. The van der Waals surface area contributed by atoms with E-state index in [1.165, 1.54) is 0 Å². The summed E-state index contributed by atoms with van der Waals surface area (Å²) in [7, 11) is 0. The lowest BCUT2D eigenvalue weighted by Crippen LogP contribution is -2.21. The Balaban J connectivity index is 2.39. The minimum absolute atomic E-state index is 0.509. The Bertz CT molecular complexity index is 196. The van der Waals surface area contributed by atoms with Gasteiger partial charge in [0.2, 0.25) is 0 Å². The molecule has 0 aliphatic rings. The Morgan fingerprint density at radius 2 is 2.00 bits per heavy atom. The molecule has 11 heavy (non-hydrogen) atoms. The van der Waals surface area contributed by atoms with Gasteiger partial charge in [0.15, 0.2) is 0 Å². The molecule has 1 N–H and O–H groups in total. The molecule has 0 aliphatic heterocycles. The van der Waals surface area contributed by atoms with Crippen molar-refractivity contribution in [2.24, 2.45) is 0 Å². The summed E-state index contributed by atoms with van der Waals surface area (Å²) in [5, 5.41) is 3.28. The van der Waals surface area contributed by atoms with E-state index in [2.05, 4.69) is 29.1 Å². The first-order chi connectivity index (χ1) is 5.29. The topological polar surface area (TPSA) is 37.8 Å². The minimum Gasteiger partial charge on any atom is -0.310 e. The van der Waals surface area contributed by atoms with Crippen LogP contribution in [-0.4, -0.2) is 16.0 Å². The maximum atomic E-state index is 3.91. The molecule has 0 unspecified atom stereocenters. The lowest BCUT2D eigenvalue weighted by atomic mass is 10.3. The highest BCUT2D eigenvalue weighted by Gasteiger charge is 1.93. The van der Waals surface area contributed by atoms with Gasteiger partial charge in [-0.2, -0.15) is 0 Å². The Morgan fingerprint density at radius 1 is 1.36 bits per heavy atom.